The Hall–Kier alpha value is -0.0800. The van der Waals surface area contributed by atoms with Gasteiger partial charge >= 0.3 is 0 Å². The van der Waals surface area contributed by atoms with Crippen LogP contribution in [0.25, 0.3) is 0 Å². The summed E-state index contributed by atoms with van der Waals surface area (Å²) in [6.45, 7) is 9.08. The zero-order chi connectivity index (χ0) is 9.61. The molecular weight excluding hydrogens is 150 g/mol. The first-order valence-electron chi connectivity index (χ1n) is 4.98. The van der Waals surface area contributed by atoms with Crippen LogP contribution in [0.3, 0.4) is 0 Å². The van der Waals surface area contributed by atoms with Gasteiger partial charge in [0.2, 0.25) is 0 Å². The highest BCUT2D eigenvalue weighted by atomic mass is 16.5. The Kier molecular flexibility index (Phi) is 5.51. The van der Waals surface area contributed by atoms with Crippen molar-refractivity contribution in [1.29, 1.82) is 0 Å². The van der Waals surface area contributed by atoms with Crippen molar-refractivity contribution >= 4 is 0 Å². The van der Waals surface area contributed by atoms with Crippen LogP contribution < -0.4 is 5.73 Å². The van der Waals surface area contributed by atoms with E-state index in [1.165, 1.54) is 0 Å². The van der Waals surface area contributed by atoms with Gasteiger partial charge in [-0.25, -0.2) is 0 Å². The number of nitrogens with two attached hydrogens (primary N) is 1. The van der Waals surface area contributed by atoms with E-state index in [2.05, 4.69) is 27.7 Å². The highest BCUT2D eigenvalue weighted by Crippen LogP contribution is 2.22. The van der Waals surface area contributed by atoms with Crippen LogP contribution in [0.2, 0.25) is 0 Å². The second-order valence-electron chi connectivity index (χ2n) is 3.66. The van der Waals surface area contributed by atoms with Crippen molar-refractivity contribution in [3.63, 3.8) is 0 Å². The van der Waals surface area contributed by atoms with Gasteiger partial charge < -0.3 is 10.5 Å². The average molecular weight is 173 g/mol. The largest absolute Gasteiger partial charge is 0.371 e. The van der Waals surface area contributed by atoms with Gasteiger partial charge in [-0.05, 0) is 26.7 Å². The zero-order valence-corrected chi connectivity index (χ0v) is 8.89. The summed E-state index contributed by atoms with van der Waals surface area (Å²) in [6.07, 6.45) is 3.49. The van der Waals surface area contributed by atoms with Crippen LogP contribution in [0.15, 0.2) is 0 Å². The fourth-order valence-electron chi connectivity index (χ4n) is 1.57. The van der Waals surface area contributed by atoms with Gasteiger partial charge in [0.25, 0.3) is 0 Å². The lowest BCUT2D eigenvalue weighted by Gasteiger charge is -2.33. The summed E-state index contributed by atoms with van der Waals surface area (Å²) in [5.41, 5.74) is 5.66. The van der Waals surface area contributed by atoms with Crippen LogP contribution in [0.1, 0.15) is 47.0 Å². The zero-order valence-electron chi connectivity index (χ0n) is 8.89. The second kappa shape index (κ2) is 5.55. The normalized spacial score (nSPS) is 16.5. The van der Waals surface area contributed by atoms with Crippen molar-refractivity contribution in [3.8, 4) is 0 Å². The van der Waals surface area contributed by atoms with E-state index in [1.807, 2.05) is 0 Å². The van der Waals surface area contributed by atoms with Gasteiger partial charge in [0.05, 0.1) is 11.7 Å². The molecule has 0 saturated heterocycles. The molecule has 74 valence electrons. The Morgan fingerprint density at radius 1 is 1.33 bits per heavy atom. The standard InChI is InChI=1S/C10H23NO/c1-5-7-10(6-2,8-11)12-9(3)4/h9H,5-8,11H2,1-4H3. The molecule has 0 aromatic heterocycles. The molecule has 0 aliphatic rings. The van der Waals surface area contributed by atoms with Crippen LogP contribution in [-0.2, 0) is 4.74 Å². The van der Waals surface area contributed by atoms with Crippen LogP contribution in [0, 0.1) is 0 Å². The van der Waals surface area contributed by atoms with Crippen molar-refractivity contribution in [3.05, 3.63) is 0 Å². The van der Waals surface area contributed by atoms with E-state index in [1.54, 1.807) is 0 Å². The molecule has 1 atom stereocenters. The van der Waals surface area contributed by atoms with Crippen molar-refractivity contribution in [2.24, 2.45) is 5.73 Å². The molecule has 2 N–H and O–H groups in total. The highest BCUT2D eigenvalue weighted by Gasteiger charge is 2.27. The van der Waals surface area contributed by atoms with Gasteiger partial charge in [-0.1, -0.05) is 20.3 Å². The van der Waals surface area contributed by atoms with Gasteiger partial charge in [-0.2, -0.15) is 0 Å². The lowest BCUT2D eigenvalue weighted by atomic mass is 9.94. The molecule has 1 unspecified atom stereocenters. The predicted molar refractivity (Wildman–Crippen MR) is 53.2 cm³/mol. The van der Waals surface area contributed by atoms with Crippen molar-refractivity contribution in [2.75, 3.05) is 6.54 Å². The Morgan fingerprint density at radius 3 is 2.17 bits per heavy atom. The Morgan fingerprint density at radius 2 is 1.92 bits per heavy atom. The molecule has 0 aromatic rings. The fraction of sp³-hybridized carbons (Fsp3) is 1.00. The molecular formula is C10H23NO. The Labute approximate surface area is 76.5 Å². The van der Waals surface area contributed by atoms with E-state index in [4.69, 9.17) is 10.5 Å². The molecule has 2 nitrogen and oxygen atoms in total. The third-order valence-corrected chi connectivity index (χ3v) is 2.21. The number of ether oxygens (including phenoxy) is 1. The Bertz CT molecular complexity index is 108. The van der Waals surface area contributed by atoms with Crippen LogP contribution >= 0.6 is 0 Å². The third kappa shape index (κ3) is 3.55. The van der Waals surface area contributed by atoms with Crippen LogP contribution in [0.4, 0.5) is 0 Å². The van der Waals surface area contributed by atoms with E-state index in [-0.39, 0.29) is 11.7 Å². The maximum absolute atomic E-state index is 5.85. The number of hydrogen-bond acceptors (Lipinski definition) is 2. The van der Waals surface area contributed by atoms with Crippen molar-refractivity contribution < 1.29 is 4.74 Å². The molecule has 0 saturated carbocycles. The molecule has 0 fully saturated rings. The average Bonchev–Trinajstić information content (AvgIpc) is 2.03. The fourth-order valence-corrected chi connectivity index (χ4v) is 1.57. The first-order valence-corrected chi connectivity index (χ1v) is 4.98. The lowest BCUT2D eigenvalue weighted by molar-refractivity contribution is -0.0817. The number of hydrogen-bond donors (Lipinski definition) is 1. The lowest BCUT2D eigenvalue weighted by Crippen LogP contribution is -2.42. The van der Waals surface area contributed by atoms with Gasteiger partial charge in [0.15, 0.2) is 0 Å². The molecule has 0 aliphatic heterocycles. The van der Waals surface area contributed by atoms with Crippen molar-refractivity contribution in [1.82, 2.24) is 0 Å². The summed E-state index contributed by atoms with van der Waals surface area (Å²) in [5, 5.41) is 0. The van der Waals surface area contributed by atoms with Crippen LogP contribution in [0.5, 0.6) is 0 Å². The highest BCUT2D eigenvalue weighted by molar-refractivity contribution is 4.80. The smallest absolute Gasteiger partial charge is 0.0804 e. The molecule has 0 amide bonds. The molecule has 0 aliphatic carbocycles. The quantitative estimate of drug-likeness (QED) is 0.669. The monoisotopic (exact) mass is 173 g/mol. The van der Waals surface area contributed by atoms with Crippen LogP contribution in [-0.4, -0.2) is 18.2 Å². The molecule has 12 heavy (non-hydrogen) atoms. The SMILES string of the molecule is CCCC(CC)(CN)OC(C)C. The second-order valence-corrected chi connectivity index (χ2v) is 3.66. The molecule has 0 rings (SSSR count). The summed E-state index contributed by atoms with van der Waals surface area (Å²) in [4.78, 5) is 0. The number of rotatable bonds is 6. The van der Waals surface area contributed by atoms with E-state index in [0.717, 1.165) is 19.3 Å². The molecule has 0 spiro atoms. The predicted octanol–water partition coefficient (Wildman–Crippen LogP) is 2.32. The van der Waals surface area contributed by atoms with Gasteiger partial charge in [-0.15, -0.1) is 0 Å². The summed E-state index contributed by atoms with van der Waals surface area (Å²) in [5.74, 6) is 0. The van der Waals surface area contributed by atoms with E-state index in [0.29, 0.717) is 6.54 Å². The Balaban J connectivity index is 4.13. The molecule has 0 bridgehead atoms. The first-order chi connectivity index (χ1) is 5.60. The minimum absolute atomic E-state index is 0.0666. The summed E-state index contributed by atoms with van der Waals surface area (Å²) < 4.78 is 5.85. The summed E-state index contributed by atoms with van der Waals surface area (Å²) >= 11 is 0. The molecule has 0 aromatic carbocycles. The van der Waals surface area contributed by atoms with E-state index >= 15 is 0 Å². The molecule has 2 heteroatoms. The molecule has 0 heterocycles. The van der Waals surface area contributed by atoms with E-state index < -0.39 is 0 Å². The van der Waals surface area contributed by atoms with Gasteiger partial charge in [-0.3, -0.25) is 0 Å². The minimum atomic E-state index is -0.0666. The summed E-state index contributed by atoms with van der Waals surface area (Å²) in [6, 6.07) is 0. The maximum Gasteiger partial charge on any atom is 0.0804 e. The first kappa shape index (κ1) is 11.9. The minimum Gasteiger partial charge on any atom is -0.371 e. The topological polar surface area (TPSA) is 35.2 Å². The van der Waals surface area contributed by atoms with Gasteiger partial charge in [0, 0.05) is 6.54 Å². The van der Waals surface area contributed by atoms with Gasteiger partial charge in [0.1, 0.15) is 0 Å². The summed E-state index contributed by atoms with van der Waals surface area (Å²) in [7, 11) is 0. The van der Waals surface area contributed by atoms with Crippen molar-refractivity contribution in [2.45, 2.75) is 58.7 Å². The maximum atomic E-state index is 5.85. The third-order valence-electron chi connectivity index (χ3n) is 2.21. The molecule has 0 radical (unpaired) electrons. The van der Waals surface area contributed by atoms with E-state index in [9.17, 15) is 0 Å².